The Morgan fingerprint density at radius 3 is 2.65 bits per heavy atom. The summed E-state index contributed by atoms with van der Waals surface area (Å²) in [6, 6.07) is 5.02. The minimum Gasteiger partial charge on any atom is -0.462 e. The fraction of sp³-hybridized carbons (Fsp3) is 0.667. The summed E-state index contributed by atoms with van der Waals surface area (Å²) >= 11 is 0. The highest BCUT2D eigenvalue weighted by Crippen LogP contribution is 2.31. The largest absolute Gasteiger partial charge is 0.462 e. The van der Waals surface area contributed by atoms with Gasteiger partial charge in [0.15, 0.2) is 0 Å². The number of nitrogens with one attached hydrogen (secondary N) is 1. The Kier molecular flexibility index (Phi) is 4.62. The van der Waals surface area contributed by atoms with Crippen molar-refractivity contribution in [1.29, 1.82) is 0 Å². The monoisotopic (exact) mass is 273 g/mol. The van der Waals surface area contributed by atoms with Crippen LogP contribution in [0.15, 0.2) is 22.1 Å². The van der Waals surface area contributed by atoms with Crippen LogP contribution in [-0.2, 0) is 6.42 Å². The van der Waals surface area contributed by atoms with Crippen molar-refractivity contribution in [3.63, 3.8) is 0 Å². The molecule has 1 heterocycles. The molecule has 2 aliphatic rings. The van der Waals surface area contributed by atoms with E-state index in [1.165, 1.54) is 44.9 Å². The predicted molar refractivity (Wildman–Crippen MR) is 83.7 cm³/mol. The van der Waals surface area contributed by atoms with Crippen LogP contribution in [0.1, 0.15) is 63.4 Å². The Hall–Kier alpha value is -1.02. The topological polar surface area (TPSA) is 25.2 Å². The molecular formula is C18H27NO. The van der Waals surface area contributed by atoms with Gasteiger partial charge in [0.25, 0.3) is 0 Å². The van der Waals surface area contributed by atoms with Gasteiger partial charge in [-0.05, 0) is 55.4 Å². The fourth-order valence-electron chi connectivity index (χ4n) is 3.18. The highest BCUT2D eigenvalue weighted by atomic mass is 16.3. The van der Waals surface area contributed by atoms with Crippen LogP contribution >= 0.6 is 0 Å². The molecule has 0 bridgehead atoms. The molecule has 1 aromatic rings. The van der Waals surface area contributed by atoms with E-state index < -0.39 is 0 Å². The molecule has 2 heteroatoms. The molecule has 0 radical (unpaired) electrons. The number of hydrogen-bond donors (Lipinski definition) is 1. The van der Waals surface area contributed by atoms with Gasteiger partial charge in [-0.3, -0.25) is 0 Å². The summed E-state index contributed by atoms with van der Waals surface area (Å²) in [5.41, 5.74) is 1.56. The van der Waals surface area contributed by atoms with Gasteiger partial charge in [0.1, 0.15) is 11.5 Å². The molecule has 0 aromatic carbocycles. The van der Waals surface area contributed by atoms with Crippen LogP contribution in [0.4, 0.5) is 0 Å². The van der Waals surface area contributed by atoms with E-state index in [2.05, 4.69) is 30.4 Å². The molecule has 0 saturated heterocycles. The van der Waals surface area contributed by atoms with E-state index in [0.29, 0.717) is 0 Å². The first-order valence-corrected chi connectivity index (χ1v) is 8.37. The zero-order chi connectivity index (χ0) is 13.8. The quantitative estimate of drug-likeness (QED) is 0.822. The van der Waals surface area contributed by atoms with Crippen molar-refractivity contribution in [2.75, 3.05) is 6.54 Å². The third-order valence-electron chi connectivity index (χ3n) is 4.66. The van der Waals surface area contributed by atoms with E-state index in [1.807, 2.05) is 0 Å². The number of furan rings is 1. The Labute approximate surface area is 122 Å². The average Bonchev–Trinajstić information content (AvgIpc) is 3.22. The Morgan fingerprint density at radius 2 is 2.00 bits per heavy atom. The van der Waals surface area contributed by atoms with Crippen molar-refractivity contribution in [3.8, 4) is 0 Å². The van der Waals surface area contributed by atoms with Crippen molar-refractivity contribution in [2.24, 2.45) is 5.92 Å². The van der Waals surface area contributed by atoms with Crippen molar-refractivity contribution in [3.05, 3.63) is 29.2 Å². The summed E-state index contributed by atoms with van der Waals surface area (Å²) in [6.45, 7) is 3.19. The van der Waals surface area contributed by atoms with Crippen molar-refractivity contribution in [1.82, 2.24) is 5.32 Å². The molecule has 2 saturated carbocycles. The van der Waals surface area contributed by atoms with Crippen molar-refractivity contribution < 1.29 is 4.42 Å². The van der Waals surface area contributed by atoms with Gasteiger partial charge in [-0.15, -0.1) is 0 Å². The van der Waals surface area contributed by atoms with Gasteiger partial charge >= 0.3 is 0 Å². The summed E-state index contributed by atoms with van der Waals surface area (Å²) in [5, 5.41) is 3.69. The Balaban J connectivity index is 1.71. The van der Waals surface area contributed by atoms with Crippen LogP contribution in [0.3, 0.4) is 0 Å². The summed E-state index contributed by atoms with van der Waals surface area (Å²) < 4.78 is 5.87. The van der Waals surface area contributed by atoms with Crippen LogP contribution in [0.25, 0.3) is 6.08 Å². The lowest BCUT2D eigenvalue weighted by Gasteiger charge is -2.25. The van der Waals surface area contributed by atoms with Crippen LogP contribution in [0.5, 0.6) is 0 Å². The third-order valence-corrected chi connectivity index (χ3v) is 4.66. The van der Waals surface area contributed by atoms with Crippen molar-refractivity contribution in [2.45, 2.75) is 64.3 Å². The molecule has 2 nitrogen and oxygen atoms in total. The normalized spacial score (nSPS) is 21.4. The lowest BCUT2D eigenvalue weighted by atomic mass is 9.83. The molecule has 0 spiro atoms. The summed E-state index contributed by atoms with van der Waals surface area (Å²) in [6.07, 6.45) is 12.9. The highest BCUT2D eigenvalue weighted by Gasteiger charge is 2.23. The second-order valence-corrected chi connectivity index (χ2v) is 6.37. The molecule has 1 N–H and O–H groups in total. The van der Waals surface area contributed by atoms with Crippen LogP contribution in [-0.4, -0.2) is 12.6 Å². The molecule has 110 valence electrons. The zero-order valence-corrected chi connectivity index (χ0v) is 12.7. The van der Waals surface area contributed by atoms with E-state index in [4.69, 9.17) is 4.42 Å². The first-order chi connectivity index (χ1) is 9.85. The van der Waals surface area contributed by atoms with Gasteiger partial charge in [0, 0.05) is 19.0 Å². The van der Waals surface area contributed by atoms with E-state index in [1.54, 1.807) is 5.57 Å². The van der Waals surface area contributed by atoms with Crippen LogP contribution < -0.4 is 5.32 Å². The van der Waals surface area contributed by atoms with E-state index in [0.717, 1.165) is 36.4 Å². The summed E-state index contributed by atoms with van der Waals surface area (Å²) in [5.74, 6) is 2.90. The number of aryl methyl sites for hydroxylation is 1. The van der Waals surface area contributed by atoms with Crippen LogP contribution in [0.2, 0.25) is 0 Å². The molecule has 0 atom stereocenters. The smallest absolute Gasteiger partial charge is 0.127 e. The zero-order valence-electron chi connectivity index (χ0n) is 12.7. The Bertz CT molecular complexity index is 450. The van der Waals surface area contributed by atoms with Gasteiger partial charge in [0.2, 0.25) is 0 Å². The van der Waals surface area contributed by atoms with Gasteiger partial charge < -0.3 is 9.73 Å². The maximum atomic E-state index is 5.87. The second-order valence-electron chi connectivity index (χ2n) is 6.37. The first kappa shape index (κ1) is 13.9. The third kappa shape index (κ3) is 3.76. The lowest BCUT2D eigenvalue weighted by Crippen LogP contribution is -2.23. The fourth-order valence-corrected chi connectivity index (χ4v) is 3.18. The van der Waals surface area contributed by atoms with Gasteiger partial charge in [0.05, 0.1) is 0 Å². The number of rotatable bonds is 6. The molecule has 0 aliphatic heterocycles. The van der Waals surface area contributed by atoms with Gasteiger partial charge in [-0.1, -0.05) is 26.2 Å². The van der Waals surface area contributed by atoms with E-state index in [-0.39, 0.29) is 0 Å². The van der Waals surface area contributed by atoms with Crippen molar-refractivity contribution >= 4 is 6.08 Å². The summed E-state index contributed by atoms with van der Waals surface area (Å²) in [4.78, 5) is 0. The maximum absolute atomic E-state index is 5.87. The molecule has 0 amide bonds. The highest BCUT2D eigenvalue weighted by molar-refractivity contribution is 5.49. The molecule has 1 aromatic heterocycles. The average molecular weight is 273 g/mol. The standard InChI is InChI=1S/C18H27NO/c1-2-17-10-11-18(20-17)12-15(13-19-16-8-9-16)14-6-4-3-5-7-14/h10-12,14,16,19H,2-9,13H2,1H3/b15-12-. The van der Waals surface area contributed by atoms with Gasteiger partial charge in [-0.25, -0.2) is 0 Å². The minimum atomic E-state index is 0.769. The van der Waals surface area contributed by atoms with E-state index >= 15 is 0 Å². The first-order valence-electron chi connectivity index (χ1n) is 8.37. The molecule has 20 heavy (non-hydrogen) atoms. The maximum Gasteiger partial charge on any atom is 0.127 e. The minimum absolute atomic E-state index is 0.769. The molecular weight excluding hydrogens is 246 g/mol. The van der Waals surface area contributed by atoms with Gasteiger partial charge in [-0.2, -0.15) is 0 Å². The predicted octanol–water partition coefficient (Wildman–Crippen LogP) is 4.56. The molecule has 3 rings (SSSR count). The number of hydrogen-bond acceptors (Lipinski definition) is 2. The molecule has 2 aliphatic carbocycles. The summed E-state index contributed by atoms with van der Waals surface area (Å²) in [7, 11) is 0. The lowest BCUT2D eigenvalue weighted by molar-refractivity contribution is 0.395. The second kappa shape index (κ2) is 6.62. The van der Waals surface area contributed by atoms with Crippen LogP contribution in [0, 0.1) is 5.92 Å². The van der Waals surface area contributed by atoms with E-state index in [9.17, 15) is 0 Å². The Morgan fingerprint density at radius 1 is 1.20 bits per heavy atom. The molecule has 2 fully saturated rings. The SMILES string of the molecule is CCc1ccc(/C=C(/CNC2CC2)C2CCCCC2)o1. The molecule has 0 unspecified atom stereocenters.